The highest BCUT2D eigenvalue weighted by Crippen LogP contribution is 2.23. The zero-order valence-electron chi connectivity index (χ0n) is 20.4. The molecule has 1 atom stereocenters. The van der Waals surface area contributed by atoms with E-state index < -0.39 is 11.6 Å². The van der Waals surface area contributed by atoms with E-state index in [1.165, 1.54) is 12.1 Å². The highest BCUT2D eigenvalue weighted by atomic mass is 19.1. The molecule has 8 nitrogen and oxygen atoms in total. The van der Waals surface area contributed by atoms with Crippen LogP contribution in [0.5, 0.6) is 0 Å². The largest absolute Gasteiger partial charge is 0.315 e. The summed E-state index contributed by atoms with van der Waals surface area (Å²) in [4.78, 5) is 34.6. The minimum Gasteiger partial charge on any atom is -0.315 e. The first kappa shape index (κ1) is 24.1. The van der Waals surface area contributed by atoms with Gasteiger partial charge in [0.25, 0.3) is 5.56 Å². The van der Waals surface area contributed by atoms with Crippen LogP contribution in [0.25, 0.3) is 27.8 Å². The molecule has 0 spiro atoms. The quantitative estimate of drug-likeness (QED) is 0.356. The number of pyridine rings is 1. The molecule has 1 amide bonds. The number of carbonyl (C=O) groups excluding carboxylic acids is 1. The van der Waals surface area contributed by atoms with Gasteiger partial charge in [-0.15, -0.1) is 0 Å². The van der Waals surface area contributed by atoms with Gasteiger partial charge in [0.2, 0.25) is 5.91 Å². The SMILES string of the molecule is CNC(C)C(=O)Nc1ncc(-c2ccccc2)n(Cc2cncc(-n3ccc4cc(F)ccc43)c2)c1=O. The molecule has 9 heteroatoms. The molecule has 0 aliphatic heterocycles. The third-order valence-electron chi connectivity index (χ3n) is 6.24. The van der Waals surface area contributed by atoms with Crippen LogP contribution >= 0.6 is 0 Å². The Morgan fingerprint density at radius 1 is 1.05 bits per heavy atom. The molecule has 0 fully saturated rings. The molecule has 0 aliphatic rings. The smallest absolute Gasteiger partial charge is 0.294 e. The summed E-state index contributed by atoms with van der Waals surface area (Å²) in [6.45, 7) is 1.90. The minimum absolute atomic E-state index is 0.0469. The lowest BCUT2D eigenvalue weighted by Crippen LogP contribution is -2.38. The second kappa shape index (κ2) is 10.2. The number of rotatable bonds is 7. The van der Waals surface area contributed by atoms with Crippen LogP contribution in [-0.2, 0) is 11.3 Å². The molecular weight excluding hydrogens is 471 g/mol. The predicted octanol–water partition coefficient (Wildman–Crippen LogP) is 3.98. The number of aromatic nitrogens is 4. The number of hydrogen-bond donors (Lipinski definition) is 2. The monoisotopic (exact) mass is 496 g/mol. The maximum absolute atomic E-state index is 13.7. The van der Waals surface area contributed by atoms with E-state index in [2.05, 4.69) is 20.6 Å². The maximum atomic E-state index is 13.7. The van der Waals surface area contributed by atoms with E-state index in [1.54, 1.807) is 43.2 Å². The second-order valence-electron chi connectivity index (χ2n) is 8.69. The van der Waals surface area contributed by atoms with E-state index in [4.69, 9.17) is 0 Å². The number of halogens is 1. The van der Waals surface area contributed by atoms with Crippen molar-refractivity contribution >= 4 is 22.6 Å². The number of anilines is 1. The zero-order valence-corrected chi connectivity index (χ0v) is 20.4. The van der Waals surface area contributed by atoms with Gasteiger partial charge in [0.1, 0.15) is 5.82 Å². The Morgan fingerprint density at radius 3 is 2.65 bits per heavy atom. The molecule has 5 rings (SSSR count). The van der Waals surface area contributed by atoms with Crippen LogP contribution in [0.4, 0.5) is 10.2 Å². The molecule has 5 aromatic rings. The Kier molecular flexibility index (Phi) is 6.61. The summed E-state index contributed by atoms with van der Waals surface area (Å²) in [5.41, 5.74) is 3.39. The molecule has 0 bridgehead atoms. The van der Waals surface area contributed by atoms with E-state index in [-0.39, 0.29) is 24.1 Å². The third kappa shape index (κ3) is 4.89. The van der Waals surface area contributed by atoms with Gasteiger partial charge in [-0.1, -0.05) is 30.3 Å². The van der Waals surface area contributed by atoms with E-state index in [1.807, 2.05) is 53.2 Å². The average molecular weight is 497 g/mol. The summed E-state index contributed by atoms with van der Waals surface area (Å²) in [5.74, 6) is -0.699. The van der Waals surface area contributed by atoms with Gasteiger partial charge in [0, 0.05) is 17.8 Å². The van der Waals surface area contributed by atoms with Crippen LogP contribution in [0.2, 0.25) is 0 Å². The van der Waals surface area contributed by atoms with Crippen LogP contribution in [-0.4, -0.2) is 38.1 Å². The molecule has 0 radical (unpaired) electrons. The highest BCUT2D eigenvalue weighted by Gasteiger charge is 2.17. The average Bonchev–Trinajstić information content (AvgIpc) is 3.34. The molecule has 2 N–H and O–H groups in total. The number of likely N-dealkylation sites (N-methyl/N-ethyl adjacent to an activating group) is 1. The lowest BCUT2D eigenvalue weighted by atomic mass is 10.1. The van der Waals surface area contributed by atoms with Gasteiger partial charge in [-0.25, -0.2) is 9.37 Å². The number of benzene rings is 2. The van der Waals surface area contributed by atoms with E-state index in [9.17, 15) is 14.0 Å². The fourth-order valence-corrected chi connectivity index (χ4v) is 4.14. The van der Waals surface area contributed by atoms with E-state index in [0.717, 1.165) is 27.7 Å². The number of nitrogens with one attached hydrogen (secondary N) is 2. The molecule has 3 aromatic heterocycles. The number of carbonyl (C=O) groups is 1. The molecule has 0 aliphatic carbocycles. The van der Waals surface area contributed by atoms with Crippen molar-refractivity contribution in [3.8, 4) is 16.9 Å². The zero-order chi connectivity index (χ0) is 25.9. The summed E-state index contributed by atoms with van der Waals surface area (Å²) in [6.07, 6.45) is 6.85. The van der Waals surface area contributed by atoms with Crippen molar-refractivity contribution in [1.82, 2.24) is 24.4 Å². The highest BCUT2D eigenvalue weighted by molar-refractivity contribution is 5.93. The Morgan fingerprint density at radius 2 is 1.86 bits per heavy atom. The standard InChI is InChI=1S/C28H25FN6O2/c1-18(30-2)27(36)33-26-28(37)35(25(16-32-26)20-6-4-3-5-7-20)17-19-12-23(15-31-14-19)34-11-10-21-13-22(29)8-9-24(21)34/h3-16,18,30H,17H2,1-2H3,(H,32,33,36). The number of fused-ring (bicyclic) bond motifs is 1. The summed E-state index contributed by atoms with van der Waals surface area (Å²) < 4.78 is 17.2. The molecule has 0 saturated carbocycles. The van der Waals surface area contributed by atoms with E-state index >= 15 is 0 Å². The summed E-state index contributed by atoms with van der Waals surface area (Å²) >= 11 is 0. The third-order valence-corrected chi connectivity index (χ3v) is 6.24. The van der Waals surface area contributed by atoms with E-state index in [0.29, 0.717) is 5.69 Å². The van der Waals surface area contributed by atoms with Gasteiger partial charge in [-0.05, 0) is 55.4 Å². The van der Waals surface area contributed by atoms with Gasteiger partial charge < -0.3 is 15.2 Å². The molecule has 186 valence electrons. The first-order chi connectivity index (χ1) is 17.9. The minimum atomic E-state index is -0.491. The van der Waals surface area contributed by atoms with Crippen molar-refractivity contribution in [2.75, 3.05) is 12.4 Å². The first-order valence-electron chi connectivity index (χ1n) is 11.8. The van der Waals surface area contributed by atoms with Gasteiger partial charge in [0.05, 0.1) is 41.9 Å². The normalized spacial score (nSPS) is 12.0. The topological polar surface area (TPSA) is 93.8 Å². The molecule has 2 aromatic carbocycles. The van der Waals surface area contributed by atoms with Crippen LogP contribution < -0.4 is 16.2 Å². The fourth-order valence-electron chi connectivity index (χ4n) is 4.14. The predicted molar refractivity (Wildman–Crippen MR) is 141 cm³/mol. The maximum Gasteiger partial charge on any atom is 0.294 e. The van der Waals surface area contributed by atoms with Crippen molar-refractivity contribution in [2.45, 2.75) is 19.5 Å². The molecule has 1 unspecified atom stereocenters. The molecule has 37 heavy (non-hydrogen) atoms. The Hall–Kier alpha value is -4.63. The molecular formula is C28H25FN6O2. The Bertz CT molecular complexity index is 1640. The van der Waals surface area contributed by atoms with Crippen molar-refractivity contribution in [3.63, 3.8) is 0 Å². The molecule has 3 heterocycles. The summed E-state index contributed by atoms with van der Waals surface area (Å²) in [5, 5.41) is 6.26. The van der Waals surface area contributed by atoms with Crippen LogP contribution in [0.1, 0.15) is 12.5 Å². The number of nitrogens with zero attached hydrogens (tertiary/aromatic N) is 4. The fraction of sp³-hybridized carbons (Fsp3) is 0.143. The lowest BCUT2D eigenvalue weighted by molar-refractivity contribution is -0.117. The van der Waals surface area contributed by atoms with Crippen molar-refractivity contribution in [3.05, 3.63) is 107 Å². The van der Waals surface area contributed by atoms with Crippen LogP contribution in [0, 0.1) is 5.82 Å². The Labute approximate surface area is 212 Å². The van der Waals surface area contributed by atoms with Gasteiger partial charge in [-0.2, -0.15) is 0 Å². The van der Waals surface area contributed by atoms with Crippen molar-refractivity contribution < 1.29 is 9.18 Å². The van der Waals surface area contributed by atoms with Gasteiger partial charge in [0.15, 0.2) is 5.82 Å². The van der Waals surface area contributed by atoms with Crippen LogP contribution in [0.3, 0.4) is 0 Å². The van der Waals surface area contributed by atoms with Gasteiger partial charge >= 0.3 is 0 Å². The van der Waals surface area contributed by atoms with Crippen molar-refractivity contribution in [1.29, 1.82) is 0 Å². The van der Waals surface area contributed by atoms with Gasteiger partial charge in [-0.3, -0.25) is 19.1 Å². The van der Waals surface area contributed by atoms with Crippen molar-refractivity contribution in [2.24, 2.45) is 0 Å². The summed E-state index contributed by atoms with van der Waals surface area (Å²) in [7, 11) is 1.67. The number of hydrogen-bond acceptors (Lipinski definition) is 5. The lowest BCUT2D eigenvalue weighted by Gasteiger charge is -2.16. The second-order valence-corrected chi connectivity index (χ2v) is 8.69. The van der Waals surface area contributed by atoms with Crippen LogP contribution in [0.15, 0.2) is 90.2 Å². The number of amides is 1. The first-order valence-corrected chi connectivity index (χ1v) is 11.8. The molecule has 0 saturated heterocycles. The summed E-state index contributed by atoms with van der Waals surface area (Å²) in [6, 6.07) is 17.4. The Balaban J connectivity index is 1.56.